The summed E-state index contributed by atoms with van der Waals surface area (Å²) in [5.74, 6) is 0.452. The number of hydrogen-bond donors (Lipinski definition) is 3. The first kappa shape index (κ1) is 10.6. The Labute approximate surface area is 89.4 Å². The van der Waals surface area contributed by atoms with Crippen molar-refractivity contribution in [2.24, 2.45) is 0 Å². The number of hydrogen-bond acceptors (Lipinski definition) is 5. The van der Waals surface area contributed by atoms with E-state index in [4.69, 9.17) is 10.2 Å². The molecule has 13 heavy (non-hydrogen) atoms. The molecule has 0 aromatic carbocycles. The Hall–Kier alpha value is -0.470. The summed E-state index contributed by atoms with van der Waals surface area (Å²) >= 11 is 2.10. The lowest BCUT2D eigenvalue weighted by Gasteiger charge is -2.07. The molecule has 1 aromatic rings. The van der Waals surface area contributed by atoms with E-state index in [0.29, 0.717) is 5.95 Å². The Morgan fingerprint density at radius 1 is 1.46 bits per heavy atom. The molecule has 1 rings (SSSR count). The number of nitrogens with one attached hydrogen (secondary N) is 1. The van der Waals surface area contributed by atoms with E-state index in [1.165, 1.54) is 0 Å². The maximum atomic E-state index is 9.00. The monoisotopic (exact) mass is 295 g/mol. The minimum absolute atomic E-state index is 0.247. The Balaban J connectivity index is 2.41. The van der Waals surface area contributed by atoms with Gasteiger partial charge in [-0.25, -0.2) is 9.97 Å². The van der Waals surface area contributed by atoms with Crippen LogP contribution >= 0.6 is 22.6 Å². The molecule has 0 spiro atoms. The minimum atomic E-state index is -0.775. The summed E-state index contributed by atoms with van der Waals surface area (Å²) in [6, 6.07) is 0. The molecule has 72 valence electrons. The summed E-state index contributed by atoms with van der Waals surface area (Å²) < 4.78 is 0.950. The third kappa shape index (κ3) is 3.83. The molecule has 1 aromatic heterocycles. The van der Waals surface area contributed by atoms with Gasteiger partial charge in [-0.2, -0.15) is 0 Å². The molecule has 0 aliphatic rings. The van der Waals surface area contributed by atoms with Gasteiger partial charge in [-0.05, 0) is 22.6 Å². The summed E-state index contributed by atoms with van der Waals surface area (Å²) in [6.07, 6.45) is 2.56. The van der Waals surface area contributed by atoms with Crippen LogP contribution in [0.5, 0.6) is 0 Å². The summed E-state index contributed by atoms with van der Waals surface area (Å²) in [4.78, 5) is 7.92. The van der Waals surface area contributed by atoms with Crippen LogP contribution in [-0.4, -0.2) is 39.4 Å². The van der Waals surface area contributed by atoms with Gasteiger partial charge in [0, 0.05) is 22.5 Å². The van der Waals surface area contributed by atoms with Gasteiger partial charge in [0.25, 0.3) is 0 Å². The number of halogens is 1. The van der Waals surface area contributed by atoms with Crippen molar-refractivity contribution in [3.05, 3.63) is 16.0 Å². The summed E-state index contributed by atoms with van der Waals surface area (Å²) in [5, 5.41) is 20.3. The van der Waals surface area contributed by atoms with E-state index in [1.807, 2.05) is 0 Å². The zero-order chi connectivity index (χ0) is 9.68. The number of rotatable bonds is 4. The molecule has 1 heterocycles. The third-order valence-electron chi connectivity index (χ3n) is 1.33. The molecule has 5 nitrogen and oxygen atoms in total. The molecule has 6 heteroatoms. The van der Waals surface area contributed by atoms with Crippen LogP contribution < -0.4 is 5.32 Å². The van der Waals surface area contributed by atoms with Crippen molar-refractivity contribution in [3.63, 3.8) is 0 Å². The van der Waals surface area contributed by atoms with Crippen LogP contribution in [0.25, 0.3) is 0 Å². The lowest BCUT2D eigenvalue weighted by atomic mass is 10.4. The summed E-state index contributed by atoms with van der Waals surface area (Å²) in [5.41, 5.74) is 0. The molecular weight excluding hydrogens is 285 g/mol. The average molecular weight is 295 g/mol. The predicted octanol–water partition coefficient (Wildman–Crippen LogP) is -0.154. The third-order valence-corrected chi connectivity index (χ3v) is 1.88. The fourth-order valence-electron chi connectivity index (χ4n) is 0.677. The Morgan fingerprint density at radius 2 is 2.08 bits per heavy atom. The van der Waals surface area contributed by atoms with E-state index in [-0.39, 0.29) is 13.2 Å². The van der Waals surface area contributed by atoms with Crippen LogP contribution in [-0.2, 0) is 0 Å². The number of anilines is 1. The summed E-state index contributed by atoms with van der Waals surface area (Å²) in [7, 11) is 0. The van der Waals surface area contributed by atoms with Crippen LogP contribution in [0.2, 0.25) is 0 Å². The fourth-order valence-corrected chi connectivity index (χ4v) is 0.956. The second kappa shape index (κ2) is 5.30. The van der Waals surface area contributed by atoms with Crippen molar-refractivity contribution >= 4 is 28.5 Å². The molecule has 0 amide bonds. The molecule has 0 saturated carbocycles. The molecule has 1 atom stereocenters. The van der Waals surface area contributed by atoms with Crippen molar-refractivity contribution in [1.82, 2.24) is 9.97 Å². The smallest absolute Gasteiger partial charge is 0.222 e. The predicted molar refractivity (Wildman–Crippen MR) is 56.3 cm³/mol. The van der Waals surface area contributed by atoms with Crippen LogP contribution in [0, 0.1) is 3.57 Å². The van der Waals surface area contributed by atoms with Gasteiger partial charge in [0.2, 0.25) is 5.95 Å². The number of nitrogens with zero attached hydrogens (tertiary/aromatic N) is 2. The second-order valence-electron chi connectivity index (χ2n) is 2.44. The highest BCUT2D eigenvalue weighted by Crippen LogP contribution is 2.02. The van der Waals surface area contributed by atoms with Crippen LogP contribution in [0.15, 0.2) is 12.4 Å². The molecule has 0 bridgehead atoms. The maximum absolute atomic E-state index is 9.00. The van der Waals surface area contributed by atoms with Gasteiger partial charge in [0.05, 0.1) is 12.7 Å². The first-order chi connectivity index (χ1) is 6.22. The highest BCUT2D eigenvalue weighted by Gasteiger charge is 2.01. The van der Waals surface area contributed by atoms with Gasteiger partial charge >= 0.3 is 0 Å². The van der Waals surface area contributed by atoms with E-state index >= 15 is 0 Å². The topological polar surface area (TPSA) is 78.3 Å². The number of aromatic nitrogens is 2. The van der Waals surface area contributed by atoms with Gasteiger partial charge < -0.3 is 15.5 Å². The highest BCUT2D eigenvalue weighted by molar-refractivity contribution is 14.1. The maximum Gasteiger partial charge on any atom is 0.222 e. The quantitative estimate of drug-likeness (QED) is 0.673. The first-order valence-electron chi connectivity index (χ1n) is 3.72. The first-order valence-corrected chi connectivity index (χ1v) is 4.80. The Morgan fingerprint density at radius 3 is 2.62 bits per heavy atom. The molecule has 0 radical (unpaired) electrons. The number of aliphatic hydroxyl groups is 2. The van der Waals surface area contributed by atoms with Crippen molar-refractivity contribution in [3.8, 4) is 0 Å². The van der Waals surface area contributed by atoms with Gasteiger partial charge in [0.15, 0.2) is 0 Å². The van der Waals surface area contributed by atoms with Crippen molar-refractivity contribution < 1.29 is 10.2 Å². The van der Waals surface area contributed by atoms with E-state index in [9.17, 15) is 0 Å². The van der Waals surface area contributed by atoms with Crippen molar-refractivity contribution in [2.45, 2.75) is 6.10 Å². The van der Waals surface area contributed by atoms with Gasteiger partial charge in [-0.15, -0.1) is 0 Å². The van der Waals surface area contributed by atoms with E-state index in [0.717, 1.165) is 3.57 Å². The molecule has 1 unspecified atom stereocenters. The molecular formula is C7H10IN3O2. The highest BCUT2D eigenvalue weighted by atomic mass is 127. The standard InChI is InChI=1S/C7H10IN3O2/c8-5-1-9-7(10-2-5)11-3-6(13)4-12/h1-2,6,12-13H,3-4H2,(H,9,10,11). The normalized spacial score (nSPS) is 12.5. The van der Waals surface area contributed by atoms with Crippen LogP contribution in [0.1, 0.15) is 0 Å². The molecule has 0 saturated heterocycles. The Bertz CT molecular complexity index is 254. The van der Waals surface area contributed by atoms with E-state index in [2.05, 4.69) is 37.9 Å². The van der Waals surface area contributed by atoms with Gasteiger partial charge in [-0.1, -0.05) is 0 Å². The molecule has 0 aliphatic carbocycles. The Kier molecular flexibility index (Phi) is 4.33. The lowest BCUT2D eigenvalue weighted by molar-refractivity contribution is 0.105. The molecule has 3 N–H and O–H groups in total. The van der Waals surface area contributed by atoms with Crippen molar-refractivity contribution in [2.75, 3.05) is 18.5 Å². The second-order valence-corrected chi connectivity index (χ2v) is 3.69. The SMILES string of the molecule is OCC(O)CNc1ncc(I)cn1. The van der Waals surface area contributed by atoms with Crippen LogP contribution in [0.4, 0.5) is 5.95 Å². The van der Waals surface area contributed by atoms with Gasteiger partial charge in [0.1, 0.15) is 0 Å². The van der Waals surface area contributed by atoms with Crippen LogP contribution in [0.3, 0.4) is 0 Å². The molecule has 0 aliphatic heterocycles. The van der Waals surface area contributed by atoms with E-state index < -0.39 is 6.10 Å². The van der Waals surface area contributed by atoms with Gasteiger partial charge in [-0.3, -0.25) is 0 Å². The molecule has 0 fully saturated rings. The van der Waals surface area contributed by atoms with E-state index in [1.54, 1.807) is 12.4 Å². The zero-order valence-corrected chi connectivity index (χ0v) is 8.97. The minimum Gasteiger partial charge on any atom is -0.394 e. The fraction of sp³-hybridized carbons (Fsp3) is 0.429. The summed E-state index contributed by atoms with van der Waals surface area (Å²) in [6.45, 7) is -0.0194. The van der Waals surface area contributed by atoms with Crippen molar-refractivity contribution in [1.29, 1.82) is 0 Å². The average Bonchev–Trinajstić information content (AvgIpc) is 2.16. The number of aliphatic hydroxyl groups excluding tert-OH is 2. The lowest BCUT2D eigenvalue weighted by Crippen LogP contribution is -2.23. The zero-order valence-electron chi connectivity index (χ0n) is 6.81. The largest absolute Gasteiger partial charge is 0.394 e.